The Balaban J connectivity index is 1.04. The standard InChI is InChI=1S/C35H48F2O3/c1-3-5-24-6-10-28(11-7-24)30-18-19-31(40-23-30)29-16-14-27(15-17-29)26-12-8-25(9-13-26)22-39-33-21-20-32(38-4-2)34(36)35(33)37/h8-9,12-13,20-21,24,27-31H,3-7,10-11,14-19,22-23H2,1-2H3. The SMILES string of the molecule is CCCC1CCC(C2CCC(C3CCC(c4ccc(COc5ccc(OCC)c(F)c5F)cc4)CC3)OC2)CC1. The van der Waals surface area contributed by atoms with E-state index in [4.69, 9.17) is 14.2 Å². The van der Waals surface area contributed by atoms with Gasteiger partial charge in [-0.25, -0.2) is 0 Å². The molecule has 1 heterocycles. The Morgan fingerprint density at radius 3 is 1.93 bits per heavy atom. The maximum Gasteiger partial charge on any atom is 0.204 e. The Labute approximate surface area is 240 Å². The lowest BCUT2D eigenvalue weighted by Crippen LogP contribution is -2.37. The molecule has 5 heteroatoms. The Hall–Kier alpha value is -2.14. The zero-order valence-electron chi connectivity index (χ0n) is 24.5. The molecule has 0 amide bonds. The molecule has 3 fully saturated rings. The number of hydrogen-bond donors (Lipinski definition) is 0. The molecule has 220 valence electrons. The number of hydrogen-bond acceptors (Lipinski definition) is 3. The van der Waals surface area contributed by atoms with Crippen molar-refractivity contribution in [3.05, 3.63) is 59.2 Å². The molecule has 0 aromatic heterocycles. The van der Waals surface area contributed by atoms with E-state index in [1.807, 2.05) is 12.1 Å². The van der Waals surface area contributed by atoms with Crippen LogP contribution in [0.3, 0.4) is 0 Å². The molecule has 2 atom stereocenters. The van der Waals surface area contributed by atoms with Crippen molar-refractivity contribution in [3.8, 4) is 11.5 Å². The van der Waals surface area contributed by atoms with Crippen LogP contribution in [0.5, 0.6) is 11.5 Å². The van der Waals surface area contributed by atoms with Crippen molar-refractivity contribution in [1.29, 1.82) is 0 Å². The Morgan fingerprint density at radius 1 is 0.700 bits per heavy atom. The molecule has 2 saturated carbocycles. The third-order valence-electron chi connectivity index (χ3n) is 10.1. The van der Waals surface area contributed by atoms with Gasteiger partial charge in [0, 0.05) is 0 Å². The van der Waals surface area contributed by atoms with E-state index in [1.54, 1.807) is 6.92 Å². The van der Waals surface area contributed by atoms with Crippen molar-refractivity contribution >= 4 is 0 Å². The van der Waals surface area contributed by atoms with Gasteiger partial charge in [-0.2, -0.15) is 8.78 Å². The van der Waals surface area contributed by atoms with Gasteiger partial charge < -0.3 is 14.2 Å². The molecule has 1 aliphatic heterocycles. The van der Waals surface area contributed by atoms with Crippen LogP contribution in [0.1, 0.15) is 108 Å². The topological polar surface area (TPSA) is 27.7 Å². The number of ether oxygens (including phenoxy) is 3. The maximum atomic E-state index is 14.3. The van der Waals surface area contributed by atoms with E-state index in [0.29, 0.717) is 17.9 Å². The lowest BCUT2D eigenvalue weighted by atomic mass is 9.71. The Kier molecular flexibility index (Phi) is 10.4. The van der Waals surface area contributed by atoms with Crippen molar-refractivity contribution in [2.45, 2.75) is 110 Å². The molecule has 2 aliphatic carbocycles. The molecule has 2 aromatic carbocycles. The number of benzene rings is 2. The quantitative estimate of drug-likeness (QED) is 0.293. The monoisotopic (exact) mass is 554 g/mol. The molecule has 5 rings (SSSR count). The molecule has 1 saturated heterocycles. The van der Waals surface area contributed by atoms with E-state index < -0.39 is 11.6 Å². The zero-order valence-corrected chi connectivity index (χ0v) is 24.5. The van der Waals surface area contributed by atoms with E-state index in [0.717, 1.165) is 29.9 Å². The minimum absolute atomic E-state index is 0.0921. The third kappa shape index (κ3) is 7.19. The molecular formula is C35H48F2O3. The number of halogens is 2. The van der Waals surface area contributed by atoms with Crippen LogP contribution in [-0.2, 0) is 11.3 Å². The molecule has 0 spiro atoms. The first-order valence-corrected chi connectivity index (χ1v) is 16.0. The average Bonchev–Trinajstić information content (AvgIpc) is 3.00. The van der Waals surface area contributed by atoms with Crippen LogP contribution < -0.4 is 9.47 Å². The van der Waals surface area contributed by atoms with Crippen molar-refractivity contribution in [2.75, 3.05) is 13.2 Å². The van der Waals surface area contributed by atoms with Crippen molar-refractivity contribution in [3.63, 3.8) is 0 Å². The Bertz CT molecular complexity index is 1050. The predicted octanol–water partition coefficient (Wildman–Crippen LogP) is 9.62. The summed E-state index contributed by atoms with van der Waals surface area (Å²) in [6.07, 6.45) is 16.5. The highest BCUT2D eigenvalue weighted by Crippen LogP contribution is 2.43. The molecule has 2 unspecified atom stereocenters. The first-order valence-electron chi connectivity index (χ1n) is 16.0. The fourth-order valence-corrected chi connectivity index (χ4v) is 7.66. The Morgan fingerprint density at radius 2 is 1.32 bits per heavy atom. The van der Waals surface area contributed by atoms with Crippen LogP contribution in [0.15, 0.2) is 36.4 Å². The summed E-state index contributed by atoms with van der Waals surface area (Å²) < 4.78 is 45.7. The van der Waals surface area contributed by atoms with Gasteiger partial charge in [-0.05, 0) is 111 Å². The van der Waals surface area contributed by atoms with Gasteiger partial charge in [-0.1, -0.05) is 56.9 Å². The fourth-order valence-electron chi connectivity index (χ4n) is 7.66. The van der Waals surface area contributed by atoms with Crippen LogP contribution in [-0.4, -0.2) is 19.3 Å². The molecule has 3 aliphatic rings. The molecule has 3 nitrogen and oxygen atoms in total. The predicted molar refractivity (Wildman–Crippen MR) is 156 cm³/mol. The van der Waals surface area contributed by atoms with Gasteiger partial charge in [-0.15, -0.1) is 0 Å². The summed E-state index contributed by atoms with van der Waals surface area (Å²) in [7, 11) is 0. The zero-order chi connectivity index (χ0) is 27.9. The molecule has 0 N–H and O–H groups in total. The minimum atomic E-state index is -1.01. The van der Waals surface area contributed by atoms with Crippen LogP contribution in [0.2, 0.25) is 0 Å². The van der Waals surface area contributed by atoms with Crippen molar-refractivity contribution in [2.24, 2.45) is 23.7 Å². The molecule has 0 bridgehead atoms. The second-order valence-electron chi connectivity index (χ2n) is 12.5. The van der Waals surface area contributed by atoms with E-state index >= 15 is 0 Å². The van der Waals surface area contributed by atoms with Crippen molar-refractivity contribution < 1.29 is 23.0 Å². The fraction of sp³-hybridized carbons (Fsp3) is 0.657. The second kappa shape index (κ2) is 14.2. The van der Waals surface area contributed by atoms with E-state index in [1.165, 1.54) is 94.7 Å². The molecule has 0 radical (unpaired) electrons. The van der Waals surface area contributed by atoms with E-state index in [9.17, 15) is 8.78 Å². The van der Waals surface area contributed by atoms with Gasteiger partial charge in [0.1, 0.15) is 6.61 Å². The summed E-state index contributed by atoms with van der Waals surface area (Å²) in [5, 5.41) is 0. The largest absolute Gasteiger partial charge is 0.491 e. The summed E-state index contributed by atoms with van der Waals surface area (Å²) in [5.41, 5.74) is 2.30. The van der Waals surface area contributed by atoms with Crippen molar-refractivity contribution in [1.82, 2.24) is 0 Å². The first kappa shape index (κ1) is 29.4. The minimum Gasteiger partial charge on any atom is -0.491 e. The third-order valence-corrected chi connectivity index (χ3v) is 10.1. The summed E-state index contributed by atoms with van der Waals surface area (Å²) in [6, 6.07) is 11.3. The van der Waals surface area contributed by atoms with Gasteiger partial charge in [0.05, 0.1) is 19.3 Å². The van der Waals surface area contributed by atoms with Crippen LogP contribution in [0, 0.1) is 35.3 Å². The lowest BCUT2D eigenvalue weighted by molar-refractivity contribution is -0.0724. The first-order chi connectivity index (χ1) is 19.6. The maximum absolute atomic E-state index is 14.3. The second-order valence-corrected chi connectivity index (χ2v) is 12.5. The van der Waals surface area contributed by atoms with Gasteiger partial charge >= 0.3 is 0 Å². The number of rotatable bonds is 10. The van der Waals surface area contributed by atoms with E-state index in [2.05, 4.69) is 19.1 Å². The summed E-state index contributed by atoms with van der Waals surface area (Å²) in [4.78, 5) is 0. The van der Waals surface area contributed by atoms with Gasteiger partial charge in [0.2, 0.25) is 11.6 Å². The molecule has 40 heavy (non-hydrogen) atoms. The van der Waals surface area contributed by atoms with E-state index in [-0.39, 0.29) is 24.7 Å². The van der Waals surface area contributed by atoms with Crippen LogP contribution in [0.4, 0.5) is 8.78 Å². The molecular weight excluding hydrogens is 506 g/mol. The highest BCUT2D eigenvalue weighted by atomic mass is 19.2. The van der Waals surface area contributed by atoms with Crippen LogP contribution in [0.25, 0.3) is 0 Å². The normalized spacial score (nSPS) is 29.2. The highest BCUT2D eigenvalue weighted by molar-refractivity contribution is 5.35. The van der Waals surface area contributed by atoms with Gasteiger partial charge in [-0.3, -0.25) is 0 Å². The smallest absolute Gasteiger partial charge is 0.204 e. The summed E-state index contributed by atoms with van der Waals surface area (Å²) in [5.74, 6) is 1.76. The highest BCUT2D eigenvalue weighted by Gasteiger charge is 2.35. The summed E-state index contributed by atoms with van der Waals surface area (Å²) in [6.45, 7) is 5.51. The van der Waals surface area contributed by atoms with Gasteiger partial charge in [0.25, 0.3) is 0 Å². The lowest BCUT2D eigenvalue weighted by Gasteiger charge is -2.41. The summed E-state index contributed by atoms with van der Waals surface area (Å²) >= 11 is 0. The van der Waals surface area contributed by atoms with Gasteiger partial charge in [0.15, 0.2) is 11.5 Å². The van der Waals surface area contributed by atoms with Crippen LogP contribution >= 0.6 is 0 Å². The molecule has 2 aromatic rings. The average molecular weight is 555 g/mol.